The van der Waals surface area contributed by atoms with Crippen molar-refractivity contribution in [3.05, 3.63) is 94.7 Å². The number of aryl methyl sites for hydroxylation is 1. The van der Waals surface area contributed by atoms with E-state index in [1.165, 1.54) is 16.8 Å². The Bertz CT molecular complexity index is 1520. The van der Waals surface area contributed by atoms with Gasteiger partial charge in [0.25, 0.3) is 0 Å². The summed E-state index contributed by atoms with van der Waals surface area (Å²) < 4.78 is 8.48. The Morgan fingerprint density at radius 1 is 0.927 bits per heavy atom. The standard InChI is InChI=1S/C36H45N3O2/c1-24(2)23-41-32-15-11-12-25(3)33(32)39-34(26-16-18-27(19-17-26)36(7,8)40)28-22-38(21-20-30(28)37-39)31-14-10-9-13-29(31)35(4,5)6/h9-19,24,40H,20-23H2,1-8H3. The Kier molecular flexibility index (Phi) is 7.78. The molecule has 1 aromatic heterocycles. The molecule has 0 radical (unpaired) electrons. The van der Waals surface area contributed by atoms with Crippen LogP contribution in [0.25, 0.3) is 16.9 Å². The van der Waals surface area contributed by atoms with Crippen molar-refractivity contribution < 1.29 is 9.84 Å². The fourth-order valence-corrected chi connectivity index (χ4v) is 5.73. The molecule has 0 bridgehead atoms. The molecule has 5 heteroatoms. The highest BCUT2D eigenvalue weighted by molar-refractivity contribution is 5.71. The summed E-state index contributed by atoms with van der Waals surface area (Å²) in [6.07, 6.45) is 0.865. The van der Waals surface area contributed by atoms with Crippen LogP contribution in [0.3, 0.4) is 0 Å². The highest BCUT2D eigenvalue weighted by atomic mass is 16.5. The Hall–Kier alpha value is -3.57. The molecule has 1 N–H and O–H groups in total. The van der Waals surface area contributed by atoms with Gasteiger partial charge in [-0.25, -0.2) is 4.68 Å². The minimum Gasteiger partial charge on any atom is -0.491 e. The molecule has 0 spiro atoms. The van der Waals surface area contributed by atoms with Gasteiger partial charge >= 0.3 is 0 Å². The zero-order chi connectivity index (χ0) is 29.5. The maximum atomic E-state index is 10.6. The first-order valence-electron chi connectivity index (χ1n) is 14.9. The maximum Gasteiger partial charge on any atom is 0.145 e. The van der Waals surface area contributed by atoms with E-state index < -0.39 is 5.60 Å². The van der Waals surface area contributed by atoms with Crippen molar-refractivity contribution in [2.24, 2.45) is 5.92 Å². The molecule has 5 nitrogen and oxygen atoms in total. The van der Waals surface area contributed by atoms with Crippen molar-refractivity contribution in [3.63, 3.8) is 0 Å². The predicted octanol–water partition coefficient (Wildman–Crippen LogP) is 7.97. The molecule has 41 heavy (non-hydrogen) atoms. The van der Waals surface area contributed by atoms with Crippen molar-refractivity contribution in [3.8, 4) is 22.7 Å². The fraction of sp³-hybridized carbons (Fsp3) is 0.417. The number of aromatic nitrogens is 2. The van der Waals surface area contributed by atoms with E-state index in [1.807, 2.05) is 26.0 Å². The first-order chi connectivity index (χ1) is 19.3. The Morgan fingerprint density at radius 3 is 2.29 bits per heavy atom. The normalized spacial score (nSPS) is 14.0. The van der Waals surface area contributed by atoms with Crippen LogP contribution >= 0.6 is 0 Å². The van der Waals surface area contributed by atoms with Crippen LogP contribution in [0.1, 0.15) is 76.4 Å². The number of para-hydroxylation sites is 2. The first-order valence-corrected chi connectivity index (χ1v) is 14.9. The molecule has 0 amide bonds. The van der Waals surface area contributed by atoms with Gasteiger partial charge in [-0.1, -0.05) is 89.2 Å². The van der Waals surface area contributed by atoms with E-state index in [0.29, 0.717) is 12.5 Å². The Labute approximate surface area is 245 Å². The molecule has 0 atom stereocenters. The van der Waals surface area contributed by atoms with Gasteiger partial charge in [-0.05, 0) is 60.9 Å². The largest absolute Gasteiger partial charge is 0.491 e. The van der Waals surface area contributed by atoms with Gasteiger partial charge in [0.2, 0.25) is 0 Å². The third-order valence-corrected chi connectivity index (χ3v) is 7.94. The SMILES string of the molecule is Cc1cccc(OCC(C)C)c1-n1nc2c(c1-c1ccc(C(C)(C)O)cc1)CN(c1ccccc1C(C)(C)C)CC2. The molecule has 0 saturated carbocycles. The molecular weight excluding hydrogens is 506 g/mol. The molecular formula is C36H45N3O2. The number of benzene rings is 3. The van der Waals surface area contributed by atoms with Crippen LogP contribution in [-0.4, -0.2) is 28.0 Å². The lowest BCUT2D eigenvalue weighted by molar-refractivity contribution is 0.0786. The minimum absolute atomic E-state index is 0.0423. The van der Waals surface area contributed by atoms with Gasteiger partial charge in [-0.2, -0.15) is 5.10 Å². The number of rotatable bonds is 7. The number of fused-ring (bicyclic) bond motifs is 1. The molecule has 1 aliphatic heterocycles. The van der Waals surface area contributed by atoms with E-state index in [9.17, 15) is 5.11 Å². The van der Waals surface area contributed by atoms with Gasteiger partial charge in [-0.15, -0.1) is 0 Å². The smallest absolute Gasteiger partial charge is 0.145 e. The zero-order valence-electron chi connectivity index (χ0n) is 26.0. The summed E-state index contributed by atoms with van der Waals surface area (Å²) in [5, 5.41) is 15.9. The molecule has 3 aromatic carbocycles. The second kappa shape index (κ2) is 11.0. The predicted molar refractivity (Wildman–Crippen MR) is 169 cm³/mol. The van der Waals surface area contributed by atoms with Crippen LogP contribution in [0.2, 0.25) is 0 Å². The molecule has 1 aliphatic rings. The van der Waals surface area contributed by atoms with Crippen LogP contribution in [0.5, 0.6) is 5.75 Å². The second-order valence-corrected chi connectivity index (χ2v) is 13.4. The van der Waals surface area contributed by atoms with Crippen molar-refractivity contribution >= 4 is 5.69 Å². The Balaban J connectivity index is 1.68. The molecule has 0 aliphatic carbocycles. The first kappa shape index (κ1) is 28.9. The van der Waals surface area contributed by atoms with E-state index >= 15 is 0 Å². The molecule has 2 heterocycles. The average molecular weight is 552 g/mol. The second-order valence-electron chi connectivity index (χ2n) is 13.4. The number of anilines is 1. The van der Waals surface area contributed by atoms with Crippen molar-refractivity contribution in [1.82, 2.24) is 9.78 Å². The lowest BCUT2D eigenvalue weighted by Crippen LogP contribution is -2.32. The quantitative estimate of drug-likeness (QED) is 0.253. The monoisotopic (exact) mass is 551 g/mol. The van der Waals surface area contributed by atoms with Crippen LogP contribution in [0, 0.1) is 12.8 Å². The van der Waals surface area contributed by atoms with Crippen molar-refractivity contribution in [2.75, 3.05) is 18.1 Å². The number of hydrogen-bond donors (Lipinski definition) is 1. The average Bonchev–Trinajstić information content (AvgIpc) is 3.29. The minimum atomic E-state index is -0.903. The van der Waals surface area contributed by atoms with Gasteiger partial charge < -0.3 is 14.7 Å². The number of nitrogens with zero attached hydrogens (tertiary/aromatic N) is 3. The summed E-state index contributed by atoms with van der Waals surface area (Å²) in [5.74, 6) is 1.27. The number of aliphatic hydroxyl groups is 1. The van der Waals surface area contributed by atoms with E-state index in [4.69, 9.17) is 9.84 Å². The van der Waals surface area contributed by atoms with Gasteiger partial charge in [0.15, 0.2) is 0 Å². The van der Waals surface area contributed by atoms with E-state index in [2.05, 4.69) is 106 Å². The van der Waals surface area contributed by atoms with Gasteiger partial charge in [0.1, 0.15) is 11.4 Å². The number of hydrogen-bond acceptors (Lipinski definition) is 4. The fourth-order valence-electron chi connectivity index (χ4n) is 5.73. The van der Waals surface area contributed by atoms with E-state index in [1.54, 1.807) is 0 Å². The molecule has 216 valence electrons. The summed E-state index contributed by atoms with van der Waals surface area (Å²) in [5.41, 5.74) is 9.33. The maximum absolute atomic E-state index is 10.6. The molecule has 5 rings (SSSR count). The molecule has 0 unspecified atom stereocenters. The van der Waals surface area contributed by atoms with E-state index in [-0.39, 0.29) is 5.41 Å². The third-order valence-electron chi connectivity index (χ3n) is 7.94. The summed E-state index contributed by atoms with van der Waals surface area (Å²) in [6, 6.07) is 23.3. The summed E-state index contributed by atoms with van der Waals surface area (Å²) in [4.78, 5) is 2.51. The van der Waals surface area contributed by atoms with Gasteiger partial charge in [0, 0.05) is 36.3 Å². The van der Waals surface area contributed by atoms with Gasteiger partial charge in [0.05, 0.1) is 23.6 Å². The number of ether oxygens (including phenoxy) is 1. The zero-order valence-corrected chi connectivity index (χ0v) is 26.0. The van der Waals surface area contributed by atoms with Crippen LogP contribution in [0.15, 0.2) is 66.7 Å². The third kappa shape index (κ3) is 5.92. The van der Waals surface area contributed by atoms with Crippen LogP contribution in [0.4, 0.5) is 5.69 Å². The van der Waals surface area contributed by atoms with Gasteiger partial charge in [-0.3, -0.25) is 0 Å². The Morgan fingerprint density at radius 2 is 1.63 bits per heavy atom. The summed E-state index contributed by atoms with van der Waals surface area (Å²) in [6.45, 7) is 19.3. The molecule has 0 saturated heterocycles. The molecule has 0 fully saturated rings. The highest BCUT2D eigenvalue weighted by Gasteiger charge is 2.30. The molecule has 4 aromatic rings. The topological polar surface area (TPSA) is 50.5 Å². The lowest BCUT2D eigenvalue weighted by Gasteiger charge is -2.34. The lowest BCUT2D eigenvalue weighted by atomic mass is 9.85. The van der Waals surface area contributed by atoms with Crippen LogP contribution in [-0.2, 0) is 24.0 Å². The summed E-state index contributed by atoms with van der Waals surface area (Å²) in [7, 11) is 0. The van der Waals surface area contributed by atoms with Crippen molar-refractivity contribution in [1.29, 1.82) is 0 Å². The summed E-state index contributed by atoms with van der Waals surface area (Å²) >= 11 is 0. The highest BCUT2D eigenvalue weighted by Crippen LogP contribution is 2.40. The van der Waals surface area contributed by atoms with E-state index in [0.717, 1.165) is 59.0 Å². The van der Waals surface area contributed by atoms with Crippen LogP contribution < -0.4 is 9.64 Å². The van der Waals surface area contributed by atoms with Crippen molar-refractivity contribution in [2.45, 2.75) is 79.4 Å².